The van der Waals surface area contributed by atoms with Crippen LogP contribution in [0.4, 0.5) is 4.79 Å². The SMILES string of the molecule is CCCCC(CNC(=O)OC(C)(C)C)NC(=NC)NCCN(C)CC.I. The van der Waals surface area contributed by atoms with E-state index >= 15 is 0 Å². The van der Waals surface area contributed by atoms with Gasteiger partial charge in [0.25, 0.3) is 0 Å². The van der Waals surface area contributed by atoms with Crippen molar-refractivity contribution in [2.75, 3.05) is 40.3 Å². The van der Waals surface area contributed by atoms with Gasteiger partial charge < -0.3 is 25.6 Å². The minimum absolute atomic E-state index is 0. The summed E-state index contributed by atoms with van der Waals surface area (Å²) in [6.45, 7) is 13.2. The lowest BCUT2D eigenvalue weighted by molar-refractivity contribution is 0.0523. The summed E-state index contributed by atoms with van der Waals surface area (Å²) in [5.41, 5.74) is -0.487. The Morgan fingerprint density at radius 2 is 1.88 bits per heavy atom. The van der Waals surface area contributed by atoms with E-state index in [1.165, 1.54) is 0 Å². The largest absolute Gasteiger partial charge is 0.444 e. The molecule has 0 fully saturated rings. The van der Waals surface area contributed by atoms with Gasteiger partial charge in [-0.25, -0.2) is 4.79 Å². The number of hydrogen-bond acceptors (Lipinski definition) is 4. The molecule has 0 radical (unpaired) electrons. The fourth-order valence-electron chi connectivity index (χ4n) is 2.11. The van der Waals surface area contributed by atoms with E-state index in [-0.39, 0.29) is 36.1 Å². The van der Waals surface area contributed by atoms with Crippen molar-refractivity contribution in [2.45, 2.75) is 65.5 Å². The lowest BCUT2D eigenvalue weighted by atomic mass is 10.1. The number of ether oxygens (including phenoxy) is 1. The number of hydrogen-bond donors (Lipinski definition) is 3. The highest BCUT2D eigenvalue weighted by molar-refractivity contribution is 14.0. The summed E-state index contributed by atoms with van der Waals surface area (Å²) in [4.78, 5) is 18.4. The molecular formula is C18H40IN5O2. The lowest BCUT2D eigenvalue weighted by Gasteiger charge is -2.24. The second kappa shape index (κ2) is 15.3. The van der Waals surface area contributed by atoms with Crippen LogP contribution in [0, 0.1) is 0 Å². The highest BCUT2D eigenvalue weighted by atomic mass is 127. The van der Waals surface area contributed by atoms with E-state index in [4.69, 9.17) is 4.74 Å². The molecule has 0 aliphatic carbocycles. The predicted molar refractivity (Wildman–Crippen MR) is 121 cm³/mol. The average molecular weight is 485 g/mol. The molecule has 26 heavy (non-hydrogen) atoms. The molecule has 7 nitrogen and oxygen atoms in total. The van der Waals surface area contributed by atoms with Gasteiger partial charge in [0.15, 0.2) is 5.96 Å². The Morgan fingerprint density at radius 1 is 1.23 bits per heavy atom. The van der Waals surface area contributed by atoms with E-state index in [1.54, 1.807) is 7.05 Å². The van der Waals surface area contributed by atoms with Gasteiger partial charge in [-0.2, -0.15) is 0 Å². The molecule has 1 unspecified atom stereocenters. The molecule has 0 aliphatic heterocycles. The number of carbonyl (C=O) groups excluding carboxylic acids is 1. The fourth-order valence-corrected chi connectivity index (χ4v) is 2.11. The third-order valence-electron chi connectivity index (χ3n) is 3.69. The zero-order chi connectivity index (χ0) is 19.3. The molecule has 8 heteroatoms. The molecular weight excluding hydrogens is 445 g/mol. The minimum atomic E-state index is -0.487. The number of likely N-dealkylation sites (N-methyl/N-ethyl adjacent to an activating group) is 1. The summed E-state index contributed by atoms with van der Waals surface area (Å²) in [5.74, 6) is 0.761. The molecule has 0 spiro atoms. The maximum atomic E-state index is 11.9. The molecule has 3 N–H and O–H groups in total. The number of alkyl carbamates (subject to hydrolysis) is 1. The van der Waals surface area contributed by atoms with Crippen LogP contribution in [0.2, 0.25) is 0 Å². The van der Waals surface area contributed by atoms with Gasteiger partial charge >= 0.3 is 6.09 Å². The zero-order valence-corrected chi connectivity index (χ0v) is 20.0. The van der Waals surface area contributed by atoms with Crippen molar-refractivity contribution in [1.82, 2.24) is 20.9 Å². The predicted octanol–water partition coefficient (Wildman–Crippen LogP) is 2.80. The van der Waals surface area contributed by atoms with E-state index in [0.29, 0.717) is 6.54 Å². The number of nitrogens with zero attached hydrogens (tertiary/aromatic N) is 2. The molecule has 0 saturated heterocycles. The van der Waals surface area contributed by atoms with Crippen molar-refractivity contribution in [3.05, 3.63) is 0 Å². The first kappa shape index (κ1) is 27.4. The maximum absolute atomic E-state index is 11.9. The van der Waals surface area contributed by atoms with Gasteiger partial charge in [-0.1, -0.05) is 26.7 Å². The monoisotopic (exact) mass is 485 g/mol. The molecule has 0 aromatic carbocycles. The number of guanidine groups is 1. The summed E-state index contributed by atoms with van der Waals surface area (Å²) in [5, 5.41) is 9.57. The number of rotatable bonds is 10. The Balaban J connectivity index is 0. The normalized spacial score (nSPS) is 13.0. The summed E-state index contributed by atoms with van der Waals surface area (Å²) in [6.07, 6.45) is 2.77. The van der Waals surface area contributed by atoms with Crippen molar-refractivity contribution >= 4 is 36.0 Å². The van der Waals surface area contributed by atoms with Gasteiger partial charge in [0.1, 0.15) is 5.60 Å². The van der Waals surface area contributed by atoms with Crippen molar-refractivity contribution in [3.8, 4) is 0 Å². The molecule has 0 bridgehead atoms. The Morgan fingerprint density at radius 3 is 2.38 bits per heavy atom. The Bertz CT molecular complexity index is 400. The van der Waals surface area contributed by atoms with Crippen LogP contribution in [-0.2, 0) is 4.74 Å². The number of halogens is 1. The van der Waals surface area contributed by atoms with Crippen LogP contribution >= 0.6 is 24.0 Å². The number of carbonyl (C=O) groups is 1. The smallest absolute Gasteiger partial charge is 0.407 e. The Labute approximate surface area is 177 Å². The molecule has 1 amide bonds. The standard InChI is InChI=1S/C18H39N5O2.HI/c1-8-10-11-15(14-21-17(24)25-18(3,4)5)22-16(19-6)20-12-13-23(7)9-2;/h15H,8-14H2,1-7H3,(H,21,24)(H2,19,20,22);1H. The molecule has 0 rings (SSSR count). The van der Waals surface area contributed by atoms with Crippen LogP contribution in [0.3, 0.4) is 0 Å². The van der Waals surface area contributed by atoms with Crippen LogP contribution < -0.4 is 16.0 Å². The first-order chi connectivity index (χ1) is 11.7. The van der Waals surface area contributed by atoms with E-state index in [1.807, 2.05) is 20.8 Å². The lowest BCUT2D eigenvalue weighted by Crippen LogP contribution is -2.50. The molecule has 0 aromatic rings. The van der Waals surface area contributed by atoms with Crippen molar-refractivity contribution in [3.63, 3.8) is 0 Å². The number of nitrogens with one attached hydrogen (secondary N) is 3. The first-order valence-electron chi connectivity index (χ1n) is 9.34. The van der Waals surface area contributed by atoms with E-state index in [2.05, 4.69) is 46.7 Å². The van der Waals surface area contributed by atoms with Crippen LogP contribution in [0.5, 0.6) is 0 Å². The van der Waals surface area contributed by atoms with Crippen LogP contribution in [0.15, 0.2) is 4.99 Å². The van der Waals surface area contributed by atoms with Crippen molar-refractivity contribution in [1.29, 1.82) is 0 Å². The fraction of sp³-hybridized carbons (Fsp3) is 0.889. The van der Waals surface area contributed by atoms with E-state index < -0.39 is 5.60 Å². The molecule has 0 saturated carbocycles. The first-order valence-corrected chi connectivity index (χ1v) is 9.34. The van der Waals surface area contributed by atoms with Crippen molar-refractivity contribution in [2.24, 2.45) is 4.99 Å². The number of aliphatic imine (C=N–C) groups is 1. The highest BCUT2D eigenvalue weighted by Crippen LogP contribution is 2.06. The van der Waals surface area contributed by atoms with Crippen LogP contribution in [-0.4, -0.2) is 68.9 Å². The highest BCUT2D eigenvalue weighted by Gasteiger charge is 2.18. The van der Waals surface area contributed by atoms with Gasteiger partial charge in [-0.15, -0.1) is 24.0 Å². The summed E-state index contributed by atoms with van der Waals surface area (Å²) >= 11 is 0. The molecule has 0 aromatic heterocycles. The maximum Gasteiger partial charge on any atom is 0.407 e. The second-order valence-electron chi connectivity index (χ2n) is 7.26. The van der Waals surface area contributed by atoms with Gasteiger partial charge in [0, 0.05) is 32.7 Å². The summed E-state index contributed by atoms with van der Waals surface area (Å²) in [7, 11) is 3.85. The van der Waals surface area contributed by atoms with E-state index in [9.17, 15) is 4.79 Å². The summed E-state index contributed by atoms with van der Waals surface area (Å²) in [6, 6.07) is 0.113. The van der Waals surface area contributed by atoms with Gasteiger partial charge in [-0.05, 0) is 40.8 Å². The minimum Gasteiger partial charge on any atom is -0.444 e. The number of amides is 1. The molecule has 1 atom stereocenters. The van der Waals surface area contributed by atoms with Gasteiger partial charge in [0.05, 0.1) is 0 Å². The Kier molecular flexibility index (Phi) is 16.2. The zero-order valence-electron chi connectivity index (χ0n) is 17.6. The summed E-state index contributed by atoms with van der Waals surface area (Å²) < 4.78 is 5.30. The van der Waals surface area contributed by atoms with Crippen LogP contribution in [0.25, 0.3) is 0 Å². The van der Waals surface area contributed by atoms with Gasteiger partial charge in [-0.3, -0.25) is 4.99 Å². The third kappa shape index (κ3) is 15.5. The van der Waals surface area contributed by atoms with Crippen molar-refractivity contribution < 1.29 is 9.53 Å². The number of unbranched alkanes of at least 4 members (excludes halogenated alkanes) is 1. The topological polar surface area (TPSA) is 78.0 Å². The third-order valence-corrected chi connectivity index (χ3v) is 3.69. The Hall–Kier alpha value is -0.770. The molecule has 0 heterocycles. The average Bonchev–Trinajstić information content (AvgIpc) is 2.53. The molecule has 156 valence electrons. The van der Waals surface area contributed by atoms with Gasteiger partial charge in [0.2, 0.25) is 0 Å². The second-order valence-corrected chi connectivity index (χ2v) is 7.26. The quantitative estimate of drug-likeness (QED) is 0.252. The van der Waals surface area contributed by atoms with Crippen LogP contribution in [0.1, 0.15) is 53.9 Å². The van der Waals surface area contributed by atoms with E-state index in [0.717, 1.165) is 44.9 Å². The molecule has 0 aliphatic rings.